The predicted octanol–water partition coefficient (Wildman–Crippen LogP) is 3.04. The summed E-state index contributed by atoms with van der Waals surface area (Å²) in [5.74, 6) is -1.06. The van der Waals surface area contributed by atoms with Gasteiger partial charge < -0.3 is 14.9 Å². The van der Waals surface area contributed by atoms with E-state index in [2.05, 4.69) is 11.8 Å². The number of aliphatic carboxylic acids is 1. The van der Waals surface area contributed by atoms with Crippen LogP contribution in [0, 0.1) is 30.6 Å². The molecular weight excluding hydrogens is 352 g/mol. The van der Waals surface area contributed by atoms with Crippen molar-refractivity contribution in [2.24, 2.45) is 23.7 Å². The second kappa shape index (κ2) is 6.76. The minimum Gasteiger partial charge on any atom is -0.481 e. The number of halogens is 1. The molecule has 1 aromatic carbocycles. The number of anilines is 1. The van der Waals surface area contributed by atoms with E-state index < -0.39 is 11.9 Å². The Morgan fingerprint density at radius 1 is 1.08 bits per heavy atom. The fourth-order valence-electron chi connectivity index (χ4n) is 5.30. The Balaban J connectivity index is 1.44. The Labute approximate surface area is 158 Å². The molecule has 0 aromatic heterocycles. The van der Waals surface area contributed by atoms with Gasteiger partial charge in [-0.05, 0) is 55.7 Å². The van der Waals surface area contributed by atoms with Gasteiger partial charge in [-0.15, -0.1) is 0 Å². The summed E-state index contributed by atoms with van der Waals surface area (Å²) in [5.41, 5.74) is 2.29. The van der Waals surface area contributed by atoms with Crippen molar-refractivity contribution in [3.8, 4) is 0 Å². The highest BCUT2D eigenvalue weighted by Gasteiger charge is 2.54. The molecule has 1 aromatic rings. The number of rotatable bonds is 3. The lowest BCUT2D eigenvalue weighted by molar-refractivity contribution is -0.153. The molecular formula is C20H25ClN2O3. The Morgan fingerprint density at radius 3 is 2.38 bits per heavy atom. The van der Waals surface area contributed by atoms with Crippen LogP contribution in [0.4, 0.5) is 5.69 Å². The maximum atomic E-state index is 13.1. The fraction of sp³-hybridized carbons (Fsp3) is 0.600. The van der Waals surface area contributed by atoms with Crippen LogP contribution in [0.3, 0.4) is 0 Å². The van der Waals surface area contributed by atoms with Crippen molar-refractivity contribution in [2.75, 3.05) is 31.1 Å². The summed E-state index contributed by atoms with van der Waals surface area (Å²) >= 11 is 6.14. The number of carboxylic acids is 1. The zero-order valence-electron chi connectivity index (χ0n) is 15.0. The third-order valence-electron chi connectivity index (χ3n) is 6.59. The zero-order chi connectivity index (χ0) is 18.4. The molecule has 0 unspecified atom stereocenters. The molecule has 3 aliphatic rings. The lowest BCUT2D eigenvalue weighted by Crippen LogP contribution is -2.52. The first-order valence-corrected chi connectivity index (χ1v) is 9.86. The molecule has 2 bridgehead atoms. The van der Waals surface area contributed by atoms with Gasteiger partial charge in [0.2, 0.25) is 5.91 Å². The molecule has 5 nitrogen and oxygen atoms in total. The van der Waals surface area contributed by atoms with Crippen LogP contribution in [0.25, 0.3) is 0 Å². The van der Waals surface area contributed by atoms with Crippen LogP contribution in [-0.4, -0.2) is 48.1 Å². The number of carbonyl (C=O) groups is 2. The summed E-state index contributed by atoms with van der Waals surface area (Å²) < 4.78 is 0. The Morgan fingerprint density at radius 2 is 1.73 bits per heavy atom. The molecule has 2 saturated carbocycles. The number of carboxylic acid groups (broad SMARTS) is 1. The molecule has 140 valence electrons. The number of amides is 1. The van der Waals surface area contributed by atoms with Gasteiger partial charge in [-0.2, -0.15) is 0 Å². The van der Waals surface area contributed by atoms with Crippen LogP contribution in [0.1, 0.15) is 24.8 Å². The van der Waals surface area contributed by atoms with E-state index in [0.29, 0.717) is 13.1 Å². The first-order valence-electron chi connectivity index (χ1n) is 9.48. The van der Waals surface area contributed by atoms with Gasteiger partial charge in [0, 0.05) is 36.9 Å². The van der Waals surface area contributed by atoms with Crippen LogP contribution < -0.4 is 4.90 Å². The average molecular weight is 377 g/mol. The number of carbonyl (C=O) groups excluding carboxylic acids is 1. The average Bonchev–Trinajstić information content (AvgIpc) is 3.24. The standard InChI is InChI=1S/C20H25ClN2O3/c1-12-2-5-15(21)11-16(12)22-6-8-23(9-7-22)19(24)17-13-3-4-14(10-13)18(17)20(25)26/h2,5,11,13-14,17-18H,3-4,6-10H2,1H3,(H,25,26)/t13-,14-,17+,18+/m1/s1. The third-order valence-corrected chi connectivity index (χ3v) is 6.82. The lowest BCUT2D eigenvalue weighted by atomic mass is 9.78. The van der Waals surface area contributed by atoms with Crippen molar-refractivity contribution >= 4 is 29.2 Å². The fourth-order valence-corrected chi connectivity index (χ4v) is 5.47. The number of piperazine rings is 1. The van der Waals surface area contributed by atoms with Gasteiger partial charge >= 0.3 is 5.97 Å². The van der Waals surface area contributed by atoms with Crippen LogP contribution in [0.2, 0.25) is 5.02 Å². The highest BCUT2D eigenvalue weighted by Crippen LogP contribution is 2.53. The molecule has 4 rings (SSSR count). The van der Waals surface area contributed by atoms with Gasteiger partial charge in [-0.1, -0.05) is 17.7 Å². The molecule has 1 N–H and O–H groups in total. The number of fused-ring (bicyclic) bond motifs is 2. The van der Waals surface area contributed by atoms with E-state index in [4.69, 9.17) is 11.6 Å². The van der Waals surface area contributed by atoms with E-state index in [9.17, 15) is 14.7 Å². The molecule has 0 spiro atoms. The van der Waals surface area contributed by atoms with Gasteiger partial charge in [0.05, 0.1) is 11.8 Å². The van der Waals surface area contributed by atoms with Crippen molar-refractivity contribution in [2.45, 2.75) is 26.2 Å². The zero-order valence-corrected chi connectivity index (χ0v) is 15.8. The summed E-state index contributed by atoms with van der Waals surface area (Å²) in [6.45, 7) is 4.86. The third kappa shape index (κ3) is 2.96. The smallest absolute Gasteiger partial charge is 0.307 e. The van der Waals surface area contributed by atoms with E-state index in [1.54, 1.807) is 0 Å². The first-order chi connectivity index (χ1) is 12.5. The van der Waals surface area contributed by atoms with E-state index in [1.807, 2.05) is 23.1 Å². The normalized spacial score (nSPS) is 30.7. The minimum atomic E-state index is -0.788. The van der Waals surface area contributed by atoms with Crippen LogP contribution in [0.5, 0.6) is 0 Å². The van der Waals surface area contributed by atoms with Gasteiger partial charge in [0.25, 0.3) is 0 Å². The number of hydrogen-bond donors (Lipinski definition) is 1. The molecule has 1 amide bonds. The summed E-state index contributed by atoms with van der Waals surface area (Å²) in [4.78, 5) is 28.9. The number of nitrogens with zero attached hydrogens (tertiary/aromatic N) is 2. The molecule has 2 aliphatic carbocycles. The second-order valence-electron chi connectivity index (χ2n) is 7.97. The van der Waals surface area contributed by atoms with Crippen molar-refractivity contribution in [1.29, 1.82) is 0 Å². The van der Waals surface area contributed by atoms with E-state index in [1.165, 1.54) is 5.56 Å². The maximum Gasteiger partial charge on any atom is 0.307 e. The van der Waals surface area contributed by atoms with Crippen molar-refractivity contribution in [3.63, 3.8) is 0 Å². The molecule has 4 atom stereocenters. The summed E-state index contributed by atoms with van der Waals surface area (Å²) in [7, 11) is 0. The topological polar surface area (TPSA) is 60.9 Å². The minimum absolute atomic E-state index is 0.0621. The molecule has 6 heteroatoms. The summed E-state index contributed by atoms with van der Waals surface area (Å²) in [6, 6.07) is 5.88. The largest absolute Gasteiger partial charge is 0.481 e. The first kappa shape index (κ1) is 17.7. The predicted molar refractivity (Wildman–Crippen MR) is 100 cm³/mol. The number of benzene rings is 1. The number of aryl methyl sites for hydroxylation is 1. The van der Waals surface area contributed by atoms with Crippen LogP contribution in [0.15, 0.2) is 18.2 Å². The monoisotopic (exact) mass is 376 g/mol. The van der Waals surface area contributed by atoms with E-state index in [0.717, 1.165) is 43.1 Å². The molecule has 1 heterocycles. The van der Waals surface area contributed by atoms with Gasteiger partial charge in [0.1, 0.15) is 0 Å². The second-order valence-corrected chi connectivity index (χ2v) is 8.40. The van der Waals surface area contributed by atoms with Crippen LogP contribution >= 0.6 is 11.6 Å². The van der Waals surface area contributed by atoms with Crippen molar-refractivity contribution in [1.82, 2.24) is 4.90 Å². The maximum absolute atomic E-state index is 13.1. The Bertz CT molecular complexity index is 730. The Kier molecular flexibility index (Phi) is 4.59. The molecule has 26 heavy (non-hydrogen) atoms. The summed E-state index contributed by atoms with van der Waals surface area (Å²) in [6.07, 6.45) is 2.88. The summed E-state index contributed by atoms with van der Waals surface area (Å²) in [5, 5.41) is 10.3. The highest BCUT2D eigenvalue weighted by atomic mass is 35.5. The molecule has 3 fully saturated rings. The SMILES string of the molecule is Cc1ccc(Cl)cc1N1CCN(C(=O)[C@H]2[C@@H]3CC[C@H](C3)[C@@H]2C(=O)O)CC1. The Hall–Kier alpha value is -1.75. The molecule has 1 aliphatic heterocycles. The van der Waals surface area contributed by atoms with Gasteiger partial charge in [0.15, 0.2) is 0 Å². The lowest BCUT2D eigenvalue weighted by Gasteiger charge is -2.39. The molecule has 1 saturated heterocycles. The van der Waals surface area contributed by atoms with E-state index >= 15 is 0 Å². The van der Waals surface area contributed by atoms with Crippen molar-refractivity contribution < 1.29 is 14.7 Å². The molecule has 0 radical (unpaired) electrons. The van der Waals surface area contributed by atoms with Gasteiger partial charge in [-0.3, -0.25) is 9.59 Å². The van der Waals surface area contributed by atoms with Crippen LogP contribution in [-0.2, 0) is 9.59 Å². The van der Waals surface area contributed by atoms with Crippen molar-refractivity contribution in [3.05, 3.63) is 28.8 Å². The number of hydrogen-bond acceptors (Lipinski definition) is 3. The quantitative estimate of drug-likeness (QED) is 0.880. The van der Waals surface area contributed by atoms with Gasteiger partial charge in [-0.25, -0.2) is 0 Å². The highest BCUT2D eigenvalue weighted by molar-refractivity contribution is 6.30. The van der Waals surface area contributed by atoms with E-state index in [-0.39, 0.29) is 23.7 Å².